The number of aromatic nitrogens is 3. The van der Waals surface area contributed by atoms with Gasteiger partial charge in [-0.3, -0.25) is 14.7 Å². The van der Waals surface area contributed by atoms with Crippen LogP contribution in [0.5, 0.6) is 0 Å². The summed E-state index contributed by atoms with van der Waals surface area (Å²) in [6.45, 7) is 4.17. The van der Waals surface area contributed by atoms with Crippen LogP contribution in [0.15, 0.2) is 6.07 Å². The van der Waals surface area contributed by atoms with Crippen LogP contribution in [0.3, 0.4) is 0 Å². The molecule has 7 nitrogen and oxygen atoms in total. The number of fused-ring (bicyclic) bond motifs is 1. The topological polar surface area (TPSA) is 83.0 Å². The van der Waals surface area contributed by atoms with Gasteiger partial charge < -0.3 is 14.8 Å². The average molecular weight is 434 g/mol. The van der Waals surface area contributed by atoms with E-state index in [1.165, 1.54) is 23.3 Å². The van der Waals surface area contributed by atoms with E-state index in [0.29, 0.717) is 11.3 Å². The molecule has 0 spiro atoms. The Morgan fingerprint density at radius 2 is 2.17 bits per heavy atom. The van der Waals surface area contributed by atoms with Crippen molar-refractivity contribution in [1.82, 2.24) is 25.0 Å². The Bertz CT molecular complexity index is 937. The van der Waals surface area contributed by atoms with Gasteiger partial charge in [0, 0.05) is 30.4 Å². The molecule has 2 aliphatic rings. The second-order valence-corrected chi connectivity index (χ2v) is 9.28. The molecule has 4 rings (SSSR count). The van der Waals surface area contributed by atoms with E-state index >= 15 is 0 Å². The van der Waals surface area contributed by atoms with Gasteiger partial charge in [0.2, 0.25) is 5.91 Å². The summed E-state index contributed by atoms with van der Waals surface area (Å²) in [6, 6.07) is 2.00. The summed E-state index contributed by atoms with van der Waals surface area (Å²) in [5.41, 5.74) is 1.31. The Morgan fingerprint density at radius 3 is 2.97 bits per heavy atom. The molecular formula is C20H27N5O2S2. The third-order valence-corrected chi connectivity index (χ3v) is 7.41. The highest BCUT2D eigenvalue weighted by Gasteiger charge is 2.28. The van der Waals surface area contributed by atoms with Gasteiger partial charge in [0.05, 0.1) is 11.4 Å². The van der Waals surface area contributed by atoms with Gasteiger partial charge in [-0.15, -0.1) is 11.3 Å². The number of H-pyrrole nitrogens is 1. The Balaban J connectivity index is 1.35. The molecule has 1 atom stereocenters. The van der Waals surface area contributed by atoms with Crippen LogP contribution >= 0.6 is 23.6 Å². The summed E-state index contributed by atoms with van der Waals surface area (Å²) in [7, 11) is 0. The van der Waals surface area contributed by atoms with Crippen molar-refractivity contribution in [3.8, 4) is 0 Å². The fourth-order valence-corrected chi connectivity index (χ4v) is 5.76. The number of nitrogens with zero attached hydrogens (tertiary/aromatic N) is 3. The molecule has 1 aliphatic heterocycles. The van der Waals surface area contributed by atoms with Crippen LogP contribution in [0.25, 0.3) is 0 Å². The second-order valence-electron chi connectivity index (χ2n) is 7.76. The lowest BCUT2D eigenvalue weighted by Gasteiger charge is -2.32. The number of hydrogen-bond donors (Lipinski definition) is 2. The number of amides is 2. The highest BCUT2D eigenvalue weighted by Crippen LogP contribution is 2.29. The first kappa shape index (κ1) is 20.3. The third kappa shape index (κ3) is 4.30. The molecule has 3 heterocycles. The highest BCUT2D eigenvalue weighted by molar-refractivity contribution is 7.71. The predicted molar refractivity (Wildman–Crippen MR) is 115 cm³/mol. The van der Waals surface area contributed by atoms with Gasteiger partial charge in [-0.1, -0.05) is 0 Å². The van der Waals surface area contributed by atoms with Crippen molar-refractivity contribution in [2.45, 2.75) is 57.9 Å². The van der Waals surface area contributed by atoms with Crippen LogP contribution in [0.2, 0.25) is 0 Å². The molecule has 2 amide bonds. The molecule has 156 valence electrons. The van der Waals surface area contributed by atoms with Crippen molar-refractivity contribution < 1.29 is 9.59 Å². The summed E-state index contributed by atoms with van der Waals surface area (Å²) >= 11 is 6.86. The van der Waals surface area contributed by atoms with Gasteiger partial charge in [0.25, 0.3) is 5.91 Å². The SMILES string of the molecule is CCn1c(C2CCCN(C(=O)CNC(=O)c3cc4c(s3)CCCC4)C2)n[nH]c1=S. The van der Waals surface area contributed by atoms with E-state index in [4.69, 9.17) is 12.2 Å². The Hall–Kier alpha value is -2.00. The van der Waals surface area contributed by atoms with Crippen molar-refractivity contribution in [2.24, 2.45) is 0 Å². The predicted octanol–water partition coefficient (Wildman–Crippen LogP) is 3.04. The summed E-state index contributed by atoms with van der Waals surface area (Å²) in [6.07, 6.45) is 6.43. The minimum Gasteiger partial charge on any atom is -0.342 e. The Labute approximate surface area is 179 Å². The van der Waals surface area contributed by atoms with Gasteiger partial charge in [-0.05, 0) is 69.3 Å². The molecule has 0 saturated carbocycles. The minimum absolute atomic E-state index is 0.0365. The van der Waals surface area contributed by atoms with Crippen molar-refractivity contribution in [3.63, 3.8) is 0 Å². The number of carbonyl (C=O) groups excluding carboxylic acids is 2. The van der Waals surface area contributed by atoms with Gasteiger partial charge in [0.15, 0.2) is 4.77 Å². The maximum atomic E-state index is 12.7. The van der Waals surface area contributed by atoms with Crippen LogP contribution in [0, 0.1) is 4.77 Å². The number of hydrogen-bond acceptors (Lipinski definition) is 5. The summed E-state index contributed by atoms with van der Waals surface area (Å²) < 4.78 is 2.62. The molecule has 9 heteroatoms. The zero-order valence-corrected chi connectivity index (χ0v) is 18.3. The summed E-state index contributed by atoms with van der Waals surface area (Å²) in [4.78, 5) is 29.1. The molecule has 1 aliphatic carbocycles. The molecule has 1 unspecified atom stereocenters. The van der Waals surface area contributed by atoms with Crippen molar-refractivity contribution in [1.29, 1.82) is 0 Å². The van der Waals surface area contributed by atoms with E-state index in [-0.39, 0.29) is 24.3 Å². The summed E-state index contributed by atoms with van der Waals surface area (Å²) in [5, 5.41) is 10.1. The number of piperidine rings is 1. The van der Waals surface area contributed by atoms with Gasteiger partial charge >= 0.3 is 0 Å². The molecule has 0 bridgehead atoms. The quantitative estimate of drug-likeness (QED) is 0.710. The molecule has 1 fully saturated rings. The Morgan fingerprint density at radius 1 is 1.34 bits per heavy atom. The second kappa shape index (κ2) is 8.79. The number of thiophene rings is 1. The van der Waals surface area contributed by atoms with Crippen LogP contribution in [-0.2, 0) is 24.2 Å². The molecule has 0 aromatic carbocycles. The van der Waals surface area contributed by atoms with Crippen LogP contribution in [0.4, 0.5) is 0 Å². The van der Waals surface area contributed by atoms with Gasteiger partial charge in [0.1, 0.15) is 5.82 Å². The number of aryl methyl sites for hydroxylation is 2. The monoisotopic (exact) mass is 433 g/mol. The lowest BCUT2D eigenvalue weighted by atomic mass is 9.97. The first-order chi connectivity index (χ1) is 14.1. The zero-order valence-electron chi connectivity index (χ0n) is 16.7. The van der Waals surface area contributed by atoms with Crippen molar-refractivity contribution in [3.05, 3.63) is 32.0 Å². The van der Waals surface area contributed by atoms with E-state index in [9.17, 15) is 9.59 Å². The van der Waals surface area contributed by atoms with E-state index in [0.717, 1.165) is 49.5 Å². The van der Waals surface area contributed by atoms with Crippen LogP contribution < -0.4 is 5.32 Å². The van der Waals surface area contributed by atoms with Crippen LogP contribution in [-0.4, -0.2) is 51.1 Å². The minimum atomic E-state index is -0.141. The first-order valence-electron chi connectivity index (χ1n) is 10.4. The fourth-order valence-electron chi connectivity index (χ4n) is 4.32. The number of likely N-dealkylation sites (tertiary alicyclic amines) is 1. The number of nitrogens with one attached hydrogen (secondary N) is 2. The number of aromatic amines is 1. The summed E-state index contributed by atoms with van der Waals surface area (Å²) in [5.74, 6) is 0.906. The lowest BCUT2D eigenvalue weighted by molar-refractivity contribution is -0.131. The third-order valence-electron chi connectivity index (χ3n) is 5.86. The fraction of sp³-hybridized carbons (Fsp3) is 0.600. The molecule has 2 N–H and O–H groups in total. The van der Waals surface area contributed by atoms with E-state index in [2.05, 4.69) is 15.5 Å². The maximum absolute atomic E-state index is 12.7. The van der Waals surface area contributed by atoms with Gasteiger partial charge in [-0.2, -0.15) is 5.10 Å². The number of rotatable bonds is 5. The Kier molecular flexibility index (Phi) is 6.15. The largest absolute Gasteiger partial charge is 0.342 e. The number of carbonyl (C=O) groups is 2. The first-order valence-corrected chi connectivity index (χ1v) is 11.6. The van der Waals surface area contributed by atoms with E-state index in [1.807, 2.05) is 22.5 Å². The highest BCUT2D eigenvalue weighted by atomic mass is 32.1. The average Bonchev–Trinajstić information content (AvgIpc) is 3.35. The van der Waals surface area contributed by atoms with E-state index in [1.54, 1.807) is 11.3 Å². The standard InChI is InChI=1S/C20H27N5O2S2/c1-2-25-18(22-23-20(25)28)14-7-5-9-24(12-14)17(26)11-21-19(27)16-10-13-6-3-4-8-15(13)29-16/h10,14H,2-9,11-12H2,1H3,(H,21,27)(H,23,28). The molecule has 0 radical (unpaired) electrons. The van der Waals surface area contributed by atoms with E-state index < -0.39 is 0 Å². The molecule has 1 saturated heterocycles. The lowest BCUT2D eigenvalue weighted by Crippen LogP contribution is -2.44. The van der Waals surface area contributed by atoms with Crippen LogP contribution in [0.1, 0.15) is 64.5 Å². The maximum Gasteiger partial charge on any atom is 0.261 e. The molecule has 29 heavy (non-hydrogen) atoms. The normalized spacial score (nSPS) is 19.1. The van der Waals surface area contributed by atoms with Crippen molar-refractivity contribution in [2.75, 3.05) is 19.6 Å². The smallest absolute Gasteiger partial charge is 0.261 e. The van der Waals surface area contributed by atoms with Gasteiger partial charge in [-0.25, -0.2) is 0 Å². The zero-order chi connectivity index (χ0) is 20.4. The molecule has 2 aromatic heterocycles. The van der Waals surface area contributed by atoms with Crippen molar-refractivity contribution >= 4 is 35.4 Å². The molecular weight excluding hydrogens is 406 g/mol. The molecule has 2 aromatic rings.